The lowest BCUT2D eigenvalue weighted by Crippen LogP contribution is -2.23. The zero-order valence-electron chi connectivity index (χ0n) is 15.9. The van der Waals surface area contributed by atoms with Gasteiger partial charge in [-0.05, 0) is 24.0 Å². The van der Waals surface area contributed by atoms with Crippen molar-refractivity contribution in [2.45, 2.75) is 46.7 Å². The van der Waals surface area contributed by atoms with Gasteiger partial charge in [0.05, 0.1) is 12.1 Å². The second-order valence-electron chi connectivity index (χ2n) is 7.01. The van der Waals surface area contributed by atoms with Crippen molar-refractivity contribution < 1.29 is 19.4 Å². The van der Waals surface area contributed by atoms with Gasteiger partial charge in [-0.15, -0.1) is 0 Å². The van der Waals surface area contributed by atoms with E-state index in [1.807, 2.05) is 13.8 Å². The van der Waals surface area contributed by atoms with Gasteiger partial charge in [-0.3, -0.25) is 9.90 Å². The molecule has 2 heterocycles. The zero-order chi connectivity index (χ0) is 19.3. The highest BCUT2D eigenvalue weighted by Gasteiger charge is 2.24. The first-order valence-corrected chi connectivity index (χ1v) is 8.84. The minimum Gasteiger partial charge on any atom is -0.474 e. The highest BCUT2D eigenvalue weighted by molar-refractivity contribution is 5.96. The fraction of sp³-hybridized carbons (Fsp3) is 0.579. The summed E-state index contributed by atoms with van der Waals surface area (Å²) in [6, 6.07) is 4.79. The first kappa shape index (κ1) is 19.9. The summed E-state index contributed by atoms with van der Waals surface area (Å²) in [5, 5.41) is 12.5. The van der Waals surface area contributed by atoms with E-state index in [-0.39, 0.29) is 24.3 Å². The Kier molecular flexibility index (Phi) is 6.71. The molecule has 1 aliphatic heterocycles. The van der Waals surface area contributed by atoms with Crippen LogP contribution in [0.25, 0.3) is 0 Å². The number of carbonyl (C=O) groups is 1. The molecule has 0 saturated carbocycles. The van der Waals surface area contributed by atoms with Gasteiger partial charge >= 0.3 is 5.97 Å². The number of pyridine rings is 1. The fourth-order valence-corrected chi connectivity index (χ4v) is 2.34. The van der Waals surface area contributed by atoms with E-state index in [1.165, 1.54) is 6.92 Å². The quantitative estimate of drug-likeness (QED) is 0.424. The van der Waals surface area contributed by atoms with Gasteiger partial charge in [-0.1, -0.05) is 33.8 Å². The molecule has 1 aliphatic rings. The molecular weight excluding hydrogens is 334 g/mol. The molecule has 1 aromatic heterocycles. The monoisotopic (exact) mass is 360 g/mol. The molecule has 0 bridgehead atoms. The predicted molar refractivity (Wildman–Crippen MR) is 97.8 cm³/mol. The number of nitrogens with zero attached hydrogens (tertiary/aromatic N) is 3. The van der Waals surface area contributed by atoms with E-state index >= 15 is 0 Å². The van der Waals surface area contributed by atoms with Crippen LogP contribution in [-0.4, -0.2) is 48.0 Å². The number of aliphatic imine (C=N–C) groups is 2. The number of ether oxygens (including phenoxy) is 2. The van der Waals surface area contributed by atoms with E-state index in [4.69, 9.17) is 9.47 Å². The maximum Gasteiger partial charge on any atom is 0.302 e. The van der Waals surface area contributed by atoms with Crippen molar-refractivity contribution in [3.05, 3.63) is 29.6 Å². The van der Waals surface area contributed by atoms with Crippen LogP contribution in [0, 0.1) is 11.8 Å². The summed E-state index contributed by atoms with van der Waals surface area (Å²) in [6.07, 6.45) is 0. The number of carbonyl (C=O) groups excluding carboxylic acids is 1. The van der Waals surface area contributed by atoms with Crippen LogP contribution in [0.4, 0.5) is 0 Å². The van der Waals surface area contributed by atoms with Crippen LogP contribution in [-0.2, 0) is 19.4 Å². The zero-order valence-corrected chi connectivity index (χ0v) is 15.9. The van der Waals surface area contributed by atoms with E-state index in [0.717, 1.165) is 0 Å². The SMILES string of the molecule is CC(=O)OC[C@H](N=C([O])c1cccc(C2=N[C@H](C(C)C)CO2)n1)C(C)C. The third kappa shape index (κ3) is 5.28. The minimum atomic E-state index is -0.447. The second-order valence-corrected chi connectivity index (χ2v) is 7.01. The highest BCUT2D eigenvalue weighted by atomic mass is 16.5. The topological polar surface area (TPSA) is 93.0 Å². The third-order valence-corrected chi connectivity index (χ3v) is 4.14. The van der Waals surface area contributed by atoms with Crippen molar-refractivity contribution in [3.63, 3.8) is 0 Å². The van der Waals surface area contributed by atoms with Gasteiger partial charge in [-0.2, -0.15) is 0 Å². The van der Waals surface area contributed by atoms with E-state index in [2.05, 4.69) is 28.8 Å². The molecule has 0 aliphatic carbocycles. The number of hydrogen-bond donors (Lipinski definition) is 0. The van der Waals surface area contributed by atoms with E-state index in [0.29, 0.717) is 24.1 Å². The Morgan fingerprint density at radius 1 is 1.35 bits per heavy atom. The molecule has 0 N–H and O–H groups in total. The van der Waals surface area contributed by atoms with Crippen molar-refractivity contribution in [2.24, 2.45) is 21.8 Å². The smallest absolute Gasteiger partial charge is 0.302 e. The minimum absolute atomic E-state index is 0.0517. The lowest BCUT2D eigenvalue weighted by molar-refractivity contribution is -0.141. The van der Waals surface area contributed by atoms with Gasteiger partial charge in [0, 0.05) is 6.92 Å². The summed E-state index contributed by atoms with van der Waals surface area (Å²) in [4.78, 5) is 24.1. The summed E-state index contributed by atoms with van der Waals surface area (Å²) < 4.78 is 10.6. The molecule has 1 aromatic rings. The Balaban J connectivity index is 2.20. The average molecular weight is 360 g/mol. The summed E-state index contributed by atoms with van der Waals surface area (Å²) in [7, 11) is 0. The van der Waals surface area contributed by atoms with Gasteiger partial charge in [0.15, 0.2) is 0 Å². The summed E-state index contributed by atoms with van der Waals surface area (Å²) in [6.45, 7) is 9.93. The second kappa shape index (κ2) is 8.78. The molecule has 2 atom stereocenters. The number of aromatic nitrogens is 1. The largest absolute Gasteiger partial charge is 0.474 e. The Hall–Kier alpha value is -2.44. The molecule has 0 unspecified atom stereocenters. The van der Waals surface area contributed by atoms with Crippen molar-refractivity contribution in [2.75, 3.05) is 13.2 Å². The first-order valence-electron chi connectivity index (χ1n) is 8.84. The Morgan fingerprint density at radius 2 is 2.08 bits per heavy atom. The first-order chi connectivity index (χ1) is 12.3. The average Bonchev–Trinajstić information content (AvgIpc) is 3.08. The fourth-order valence-electron chi connectivity index (χ4n) is 2.34. The van der Waals surface area contributed by atoms with Crippen molar-refractivity contribution in [1.29, 1.82) is 0 Å². The van der Waals surface area contributed by atoms with Crippen LogP contribution in [0.5, 0.6) is 0 Å². The molecule has 0 saturated heterocycles. The standard InChI is InChI=1S/C19H26N3O4/c1-11(2)16(9-25-13(5)23)21-18(24)14-7-6-8-15(20-14)19-22-17(10-26-19)12(3)4/h6-8,11-12,16-17H,9-10H2,1-5H3/t16-,17-/m0/s1. The van der Waals surface area contributed by atoms with E-state index in [1.54, 1.807) is 18.2 Å². The predicted octanol–water partition coefficient (Wildman–Crippen LogP) is 2.65. The molecule has 7 heteroatoms. The lowest BCUT2D eigenvalue weighted by Gasteiger charge is -2.15. The number of rotatable bonds is 7. The maximum absolute atomic E-state index is 12.5. The lowest BCUT2D eigenvalue weighted by atomic mass is 10.1. The van der Waals surface area contributed by atoms with Crippen LogP contribution >= 0.6 is 0 Å². The normalized spacial score (nSPS) is 18.7. The summed E-state index contributed by atoms with van der Waals surface area (Å²) in [5.41, 5.74) is 0.741. The number of esters is 1. The van der Waals surface area contributed by atoms with Gasteiger partial charge in [-0.25, -0.2) is 15.0 Å². The van der Waals surface area contributed by atoms with Crippen LogP contribution in [0.1, 0.15) is 46.0 Å². The van der Waals surface area contributed by atoms with Gasteiger partial charge in [0.25, 0.3) is 5.90 Å². The molecule has 0 spiro atoms. The Bertz CT molecular complexity index is 698. The third-order valence-electron chi connectivity index (χ3n) is 4.14. The van der Waals surface area contributed by atoms with Gasteiger partial charge < -0.3 is 9.47 Å². The molecular formula is C19H26N3O4. The van der Waals surface area contributed by atoms with E-state index in [9.17, 15) is 9.90 Å². The van der Waals surface area contributed by atoms with Crippen molar-refractivity contribution >= 4 is 17.8 Å². The van der Waals surface area contributed by atoms with Gasteiger partial charge in [0.1, 0.15) is 24.6 Å². The van der Waals surface area contributed by atoms with E-state index < -0.39 is 17.9 Å². The molecule has 0 fully saturated rings. The van der Waals surface area contributed by atoms with Gasteiger partial charge in [0.2, 0.25) is 5.90 Å². The van der Waals surface area contributed by atoms with Crippen LogP contribution in [0.2, 0.25) is 0 Å². The number of hydrogen-bond acceptors (Lipinski definition) is 6. The highest BCUT2D eigenvalue weighted by Crippen LogP contribution is 2.17. The molecule has 7 nitrogen and oxygen atoms in total. The molecule has 1 radical (unpaired) electrons. The van der Waals surface area contributed by atoms with Crippen molar-refractivity contribution in [1.82, 2.24) is 4.98 Å². The maximum atomic E-state index is 12.5. The molecule has 26 heavy (non-hydrogen) atoms. The molecule has 0 aromatic carbocycles. The summed E-state index contributed by atoms with van der Waals surface area (Å²) >= 11 is 0. The van der Waals surface area contributed by atoms with Crippen LogP contribution in [0.3, 0.4) is 0 Å². The van der Waals surface area contributed by atoms with Crippen LogP contribution < -0.4 is 0 Å². The molecule has 141 valence electrons. The Morgan fingerprint density at radius 3 is 2.65 bits per heavy atom. The summed E-state index contributed by atoms with van der Waals surface area (Å²) in [5.74, 6) is 0.0427. The van der Waals surface area contributed by atoms with Crippen LogP contribution in [0.15, 0.2) is 28.2 Å². The molecule has 0 amide bonds. The van der Waals surface area contributed by atoms with Crippen molar-refractivity contribution in [3.8, 4) is 0 Å². The Labute approximate surface area is 154 Å². The molecule has 2 rings (SSSR count).